The van der Waals surface area contributed by atoms with Crippen molar-refractivity contribution >= 4 is 11.7 Å². The van der Waals surface area contributed by atoms with Gasteiger partial charge in [0.05, 0.1) is 0 Å². The number of aryl methyl sites for hydroxylation is 1. The Hall–Kier alpha value is -2.49. The minimum absolute atomic E-state index is 0.0551. The van der Waals surface area contributed by atoms with Crippen molar-refractivity contribution in [3.8, 4) is 0 Å². The number of rotatable bonds is 6. The van der Waals surface area contributed by atoms with Crippen LogP contribution in [0.4, 0.5) is 10.5 Å². The van der Waals surface area contributed by atoms with Crippen molar-refractivity contribution in [2.24, 2.45) is 0 Å². The summed E-state index contributed by atoms with van der Waals surface area (Å²) in [6, 6.07) is 21.1. The molecule has 0 radical (unpaired) electrons. The van der Waals surface area contributed by atoms with Crippen molar-refractivity contribution in [2.45, 2.75) is 38.3 Å². The summed E-state index contributed by atoms with van der Waals surface area (Å²) in [6.45, 7) is 3.92. The lowest BCUT2D eigenvalue weighted by atomic mass is 10.1. The predicted molar refractivity (Wildman–Crippen MR) is 103 cm³/mol. The fourth-order valence-corrected chi connectivity index (χ4v) is 3.30. The summed E-state index contributed by atoms with van der Waals surface area (Å²) < 4.78 is 0. The number of hydrogen-bond donors (Lipinski definition) is 2. The molecule has 3 rings (SSSR count). The summed E-state index contributed by atoms with van der Waals surface area (Å²) in [5.74, 6) is 0. The highest BCUT2D eigenvalue weighted by Gasteiger charge is 2.24. The third kappa shape index (κ3) is 5.24. The zero-order chi connectivity index (χ0) is 17.5. The number of nitrogens with one attached hydrogen (secondary N) is 2. The van der Waals surface area contributed by atoms with E-state index in [0.717, 1.165) is 32.4 Å². The Balaban J connectivity index is 1.39. The van der Waals surface area contributed by atoms with Gasteiger partial charge >= 0.3 is 6.03 Å². The van der Waals surface area contributed by atoms with Gasteiger partial charge in [0.25, 0.3) is 0 Å². The number of carbonyl (C=O) groups excluding carboxylic acids is 1. The average molecular weight is 337 g/mol. The van der Waals surface area contributed by atoms with Crippen LogP contribution in [-0.4, -0.2) is 31.2 Å². The van der Waals surface area contributed by atoms with Crippen LogP contribution in [0.5, 0.6) is 0 Å². The second-order valence-electron chi connectivity index (χ2n) is 6.81. The van der Waals surface area contributed by atoms with Crippen LogP contribution in [0.25, 0.3) is 0 Å². The maximum absolute atomic E-state index is 12.2. The number of para-hydroxylation sites is 1. The SMILES string of the molecule is CC(CCc1ccccc1)NC(=O)NC1CCN(c2ccccc2)C1. The maximum Gasteiger partial charge on any atom is 0.315 e. The summed E-state index contributed by atoms with van der Waals surface area (Å²) >= 11 is 0. The lowest BCUT2D eigenvalue weighted by Gasteiger charge is -2.20. The molecule has 4 heteroatoms. The molecule has 1 fully saturated rings. The minimum atomic E-state index is -0.0551. The highest BCUT2D eigenvalue weighted by molar-refractivity contribution is 5.74. The van der Waals surface area contributed by atoms with Crippen LogP contribution in [0.15, 0.2) is 60.7 Å². The Morgan fingerprint density at radius 3 is 2.52 bits per heavy atom. The number of anilines is 1. The molecule has 1 saturated heterocycles. The molecule has 1 aliphatic heterocycles. The lowest BCUT2D eigenvalue weighted by molar-refractivity contribution is 0.234. The molecule has 4 nitrogen and oxygen atoms in total. The maximum atomic E-state index is 12.2. The molecule has 0 aliphatic carbocycles. The van der Waals surface area contributed by atoms with Gasteiger partial charge in [-0.1, -0.05) is 48.5 Å². The van der Waals surface area contributed by atoms with Gasteiger partial charge in [-0.25, -0.2) is 4.79 Å². The van der Waals surface area contributed by atoms with Crippen molar-refractivity contribution in [2.75, 3.05) is 18.0 Å². The van der Waals surface area contributed by atoms with E-state index >= 15 is 0 Å². The first kappa shape index (κ1) is 17.3. The molecule has 0 bridgehead atoms. The molecule has 2 N–H and O–H groups in total. The van der Waals surface area contributed by atoms with E-state index in [1.54, 1.807) is 0 Å². The number of amides is 2. The molecule has 1 heterocycles. The number of carbonyl (C=O) groups is 1. The van der Waals surface area contributed by atoms with Crippen LogP contribution >= 0.6 is 0 Å². The van der Waals surface area contributed by atoms with Crippen LogP contribution < -0.4 is 15.5 Å². The topological polar surface area (TPSA) is 44.4 Å². The van der Waals surface area contributed by atoms with E-state index in [-0.39, 0.29) is 18.1 Å². The second-order valence-corrected chi connectivity index (χ2v) is 6.81. The van der Waals surface area contributed by atoms with Crippen molar-refractivity contribution in [3.63, 3.8) is 0 Å². The van der Waals surface area contributed by atoms with Gasteiger partial charge < -0.3 is 15.5 Å². The third-order valence-corrected chi connectivity index (χ3v) is 4.73. The van der Waals surface area contributed by atoms with E-state index in [1.165, 1.54) is 11.3 Å². The third-order valence-electron chi connectivity index (χ3n) is 4.73. The fraction of sp³-hybridized carbons (Fsp3) is 0.381. The average Bonchev–Trinajstić information content (AvgIpc) is 3.10. The van der Waals surface area contributed by atoms with Gasteiger partial charge in [-0.3, -0.25) is 0 Å². The molecule has 2 unspecified atom stereocenters. The Morgan fingerprint density at radius 2 is 1.80 bits per heavy atom. The van der Waals surface area contributed by atoms with Crippen LogP contribution in [0.2, 0.25) is 0 Å². The molecule has 0 spiro atoms. The summed E-state index contributed by atoms with van der Waals surface area (Å²) in [4.78, 5) is 14.5. The Morgan fingerprint density at radius 1 is 1.12 bits per heavy atom. The highest BCUT2D eigenvalue weighted by Crippen LogP contribution is 2.19. The second kappa shape index (κ2) is 8.56. The molecular formula is C21H27N3O. The molecule has 25 heavy (non-hydrogen) atoms. The van der Waals surface area contributed by atoms with Crippen LogP contribution in [-0.2, 0) is 6.42 Å². The van der Waals surface area contributed by atoms with E-state index < -0.39 is 0 Å². The molecule has 132 valence electrons. The summed E-state index contributed by atoms with van der Waals surface area (Å²) in [5.41, 5.74) is 2.54. The monoisotopic (exact) mass is 337 g/mol. The fourth-order valence-electron chi connectivity index (χ4n) is 3.30. The van der Waals surface area contributed by atoms with E-state index in [2.05, 4.69) is 71.0 Å². The van der Waals surface area contributed by atoms with Gasteiger partial charge in [-0.05, 0) is 43.9 Å². The molecule has 0 saturated carbocycles. The number of hydrogen-bond acceptors (Lipinski definition) is 2. The molecule has 1 aliphatic rings. The number of benzene rings is 2. The predicted octanol–water partition coefficient (Wildman–Crippen LogP) is 3.59. The molecule has 2 aromatic rings. The van der Waals surface area contributed by atoms with Crippen LogP contribution in [0, 0.1) is 0 Å². The molecular weight excluding hydrogens is 310 g/mol. The zero-order valence-corrected chi connectivity index (χ0v) is 14.8. The van der Waals surface area contributed by atoms with Gasteiger partial charge in [0, 0.05) is 30.9 Å². The summed E-state index contributed by atoms with van der Waals surface area (Å²) in [7, 11) is 0. The molecule has 2 aromatic carbocycles. The van der Waals surface area contributed by atoms with Crippen molar-refractivity contribution in [3.05, 3.63) is 66.2 Å². The van der Waals surface area contributed by atoms with Gasteiger partial charge in [0.2, 0.25) is 0 Å². The van der Waals surface area contributed by atoms with Gasteiger partial charge in [-0.15, -0.1) is 0 Å². The van der Waals surface area contributed by atoms with E-state index in [1.807, 2.05) is 12.1 Å². The number of nitrogens with zero attached hydrogens (tertiary/aromatic N) is 1. The van der Waals surface area contributed by atoms with Gasteiger partial charge in [-0.2, -0.15) is 0 Å². The smallest absolute Gasteiger partial charge is 0.315 e. The lowest BCUT2D eigenvalue weighted by Crippen LogP contribution is -2.46. The summed E-state index contributed by atoms with van der Waals surface area (Å²) in [6.07, 6.45) is 2.91. The number of urea groups is 1. The quantitative estimate of drug-likeness (QED) is 0.846. The minimum Gasteiger partial charge on any atom is -0.369 e. The van der Waals surface area contributed by atoms with Crippen molar-refractivity contribution in [1.29, 1.82) is 0 Å². The van der Waals surface area contributed by atoms with Crippen molar-refractivity contribution in [1.82, 2.24) is 10.6 Å². The first-order valence-electron chi connectivity index (χ1n) is 9.11. The molecule has 0 aromatic heterocycles. The van der Waals surface area contributed by atoms with Gasteiger partial charge in [0.1, 0.15) is 0 Å². The van der Waals surface area contributed by atoms with E-state index in [4.69, 9.17) is 0 Å². The van der Waals surface area contributed by atoms with E-state index in [9.17, 15) is 4.79 Å². The Kier molecular flexibility index (Phi) is 5.94. The molecule has 2 atom stereocenters. The largest absolute Gasteiger partial charge is 0.369 e. The van der Waals surface area contributed by atoms with Crippen LogP contribution in [0.3, 0.4) is 0 Å². The Labute approximate surface area is 150 Å². The summed E-state index contributed by atoms with van der Waals surface area (Å²) in [5, 5.41) is 6.18. The van der Waals surface area contributed by atoms with Gasteiger partial charge in [0.15, 0.2) is 0 Å². The van der Waals surface area contributed by atoms with Crippen molar-refractivity contribution < 1.29 is 4.79 Å². The van der Waals surface area contributed by atoms with Crippen LogP contribution in [0.1, 0.15) is 25.3 Å². The molecule has 2 amide bonds. The first-order chi connectivity index (χ1) is 12.2. The zero-order valence-electron chi connectivity index (χ0n) is 14.8. The Bertz CT molecular complexity index is 659. The van der Waals surface area contributed by atoms with E-state index in [0.29, 0.717) is 0 Å². The first-order valence-corrected chi connectivity index (χ1v) is 9.11. The normalized spacial score (nSPS) is 18.0. The standard InChI is InChI=1S/C21H27N3O/c1-17(12-13-18-8-4-2-5-9-18)22-21(25)23-19-14-15-24(16-19)20-10-6-3-7-11-20/h2-11,17,19H,12-16H2,1H3,(H2,22,23,25). The highest BCUT2D eigenvalue weighted by atomic mass is 16.2.